The number of carboxylic acid groups (broad SMARTS) is 1. The van der Waals surface area contributed by atoms with Crippen LogP contribution in [0.25, 0.3) is 0 Å². The van der Waals surface area contributed by atoms with E-state index < -0.39 is 11.9 Å². The van der Waals surface area contributed by atoms with E-state index in [9.17, 15) is 14.7 Å². The van der Waals surface area contributed by atoms with Crippen molar-refractivity contribution in [1.29, 1.82) is 0 Å². The Morgan fingerprint density at radius 3 is 2.76 bits per heavy atom. The molecule has 1 aromatic carbocycles. The van der Waals surface area contributed by atoms with Gasteiger partial charge < -0.3 is 14.7 Å². The molecule has 0 aliphatic carbocycles. The molecule has 2 aliphatic rings. The number of benzene rings is 1. The van der Waals surface area contributed by atoms with E-state index in [4.69, 9.17) is 4.74 Å². The zero-order valence-corrected chi connectivity index (χ0v) is 12.0. The van der Waals surface area contributed by atoms with Crippen LogP contribution in [0.4, 0.5) is 0 Å². The van der Waals surface area contributed by atoms with Gasteiger partial charge in [-0.1, -0.05) is 13.0 Å². The quantitative estimate of drug-likeness (QED) is 0.903. The number of amides is 1. The fraction of sp³-hybridized carbons (Fsp3) is 0.500. The Kier molecular flexibility index (Phi) is 3.68. The number of carboxylic acids is 1. The Morgan fingerprint density at radius 2 is 2.00 bits per heavy atom. The second kappa shape index (κ2) is 5.48. The summed E-state index contributed by atoms with van der Waals surface area (Å²) in [5.74, 6) is -1.15. The molecule has 0 aromatic heterocycles. The van der Waals surface area contributed by atoms with Crippen LogP contribution in [0.3, 0.4) is 0 Å². The topological polar surface area (TPSA) is 66.8 Å². The van der Waals surface area contributed by atoms with Gasteiger partial charge in [0.15, 0.2) is 0 Å². The normalized spacial score (nSPS) is 24.7. The Bertz CT molecular complexity index is 584. The van der Waals surface area contributed by atoms with Gasteiger partial charge in [-0.3, -0.25) is 9.59 Å². The van der Waals surface area contributed by atoms with E-state index in [0.29, 0.717) is 38.3 Å². The maximum Gasteiger partial charge on any atom is 0.308 e. The number of aliphatic carboxylic acids is 1. The molecule has 0 spiro atoms. The van der Waals surface area contributed by atoms with Crippen molar-refractivity contribution in [2.75, 3.05) is 13.1 Å². The minimum absolute atomic E-state index is 0.0810. The van der Waals surface area contributed by atoms with Crippen molar-refractivity contribution in [3.05, 3.63) is 34.9 Å². The van der Waals surface area contributed by atoms with Crippen molar-refractivity contribution >= 4 is 11.9 Å². The van der Waals surface area contributed by atoms with Crippen molar-refractivity contribution in [1.82, 2.24) is 4.90 Å². The molecule has 2 aliphatic heterocycles. The highest BCUT2D eigenvalue weighted by molar-refractivity contribution is 5.95. The van der Waals surface area contributed by atoms with Crippen LogP contribution in [0.15, 0.2) is 18.2 Å². The molecule has 2 unspecified atom stereocenters. The van der Waals surface area contributed by atoms with Crippen LogP contribution in [-0.4, -0.2) is 35.0 Å². The summed E-state index contributed by atoms with van der Waals surface area (Å²) in [6.07, 6.45) is 0.636. The van der Waals surface area contributed by atoms with Crippen LogP contribution in [0.1, 0.15) is 34.8 Å². The number of carbonyl (C=O) groups excluding carboxylic acids is 1. The number of piperidine rings is 1. The summed E-state index contributed by atoms with van der Waals surface area (Å²) < 4.78 is 5.36. The van der Waals surface area contributed by atoms with E-state index >= 15 is 0 Å². The average Bonchev–Trinajstić information content (AvgIpc) is 2.93. The molecule has 1 amide bonds. The number of hydrogen-bond acceptors (Lipinski definition) is 3. The van der Waals surface area contributed by atoms with Crippen molar-refractivity contribution in [2.24, 2.45) is 11.8 Å². The van der Waals surface area contributed by atoms with Gasteiger partial charge in [-0.05, 0) is 35.6 Å². The zero-order chi connectivity index (χ0) is 15.0. The first kappa shape index (κ1) is 14.1. The van der Waals surface area contributed by atoms with Crippen molar-refractivity contribution in [3.8, 4) is 0 Å². The molecule has 21 heavy (non-hydrogen) atoms. The molecule has 2 heterocycles. The number of fused-ring (bicyclic) bond motifs is 1. The predicted molar refractivity (Wildman–Crippen MR) is 75.7 cm³/mol. The molecular weight excluding hydrogens is 270 g/mol. The van der Waals surface area contributed by atoms with E-state index in [1.165, 1.54) is 0 Å². The van der Waals surface area contributed by atoms with Crippen LogP contribution in [0.5, 0.6) is 0 Å². The molecule has 0 bridgehead atoms. The lowest BCUT2D eigenvalue weighted by atomic mass is 9.90. The average molecular weight is 289 g/mol. The van der Waals surface area contributed by atoms with E-state index in [2.05, 4.69) is 0 Å². The number of ether oxygens (including phenoxy) is 1. The van der Waals surface area contributed by atoms with E-state index in [-0.39, 0.29) is 11.8 Å². The third kappa shape index (κ3) is 2.78. The number of likely N-dealkylation sites (tertiary alicyclic amines) is 1. The maximum atomic E-state index is 12.6. The highest BCUT2D eigenvalue weighted by Crippen LogP contribution is 2.25. The predicted octanol–water partition coefficient (Wildman–Crippen LogP) is 1.90. The van der Waals surface area contributed by atoms with E-state index in [1.807, 2.05) is 25.1 Å². The summed E-state index contributed by atoms with van der Waals surface area (Å²) in [7, 11) is 0. The Labute approximate surface area is 123 Å². The number of carbonyl (C=O) groups is 2. The van der Waals surface area contributed by atoms with Gasteiger partial charge in [0.1, 0.15) is 0 Å². The fourth-order valence-corrected chi connectivity index (χ4v) is 3.18. The smallest absolute Gasteiger partial charge is 0.308 e. The van der Waals surface area contributed by atoms with Gasteiger partial charge in [-0.25, -0.2) is 0 Å². The van der Waals surface area contributed by atoms with Gasteiger partial charge in [-0.15, -0.1) is 0 Å². The summed E-state index contributed by atoms with van der Waals surface area (Å²) in [4.78, 5) is 25.5. The molecule has 1 aromatic rings. The summed E-state index contributed by atoms with van der Waals surface area (Å²) in [6, 6.07) is 5.61. The summed E-state index contributed by atoms with van der Waals surface area (Å²) in [5, 5.41) is 9.20. The van der Waals surface area contributed by atoms with Crippen LogP contribution in [0.2, 0.25) is 0 Å². The molecule has 0 saturated carbocycles. The highest BCUT2D eigenvalue weighted by Gasteiger charge is 2.32. The molecule has 2 atom stereocenters. The van der Waals surface area contributed by atoms with Crippen molar-refractivity contribution < 1.29 is 19.4 Å². The molecule has 1 saturated heterocycles. The third-order valence-corrected chi connectivity index (χ3v) is 4.26. The second-order valence-corrected chi connectivity index (χ2v) is 6.06. The molecular formula is C16H19NO4. The Morgan fingerprint density at radius 1 is 1.24 bits per heavy atom. The van der Waals surface area contributed by atoms with Gasteiger partial charge in [0.25, 0.3) is 5.91 Å². The summed E-state index contributed by atoms with van der Waals surface area (Å²) in [6.45, 7) is 4.06. The fourth-order valence-electron chi connectivity index (χ4n) is 3.18. The SMILES string of the molecule is CC1CC(C(=O)O)CN(C(=O)c2ccc3c(c2)COC3)C1. The van der Waals surface area contributed by atoms with E-state index in [0.717, 1.165) is 11.1 Å². The molecule has 5 nitrogen and oxygen atoms in total. The third-order valence-electron chi connectivity index (χ3n) is 4.26. The lowest BCUT2D eigenvalue weighted by Gasteiger charge is -2.34. The first-order chi connectivity index (χ1) is 10.0. The first-order valence-corrected chi connectivity index (χ1v) is 7.26. The second-order valence-electron chi connectivity index (χ2n) is 6.06. The maximum absolute atomic E-state index is 12.6. The van der Waals surface area contributed by atoms with Crippen molar-refractivity contribution in [2.45, 2.75) is 26.6 Å². The standard InChI is InChI=1S/C16H19NO4/c1-10-4-13(16(19)20)7-17(6-10)15(18)11-2-3-12-8-21-9-14(12)5-11/h2-3,5,10,13H,4,6-9H2,1H3,(H,19,20). The summed E-state index contributed by atoms with van der Waals surface area (Å²) in [5.41, 5.74) is 2.81. The minimum Gasteiger partial charge on any atom is -0.481 e. The molecule has 1 fully saturated rings. The highest BCUT2D eigenvalue weighted by atomic mass is 16.5. The van der Waals surface area contributed by atoms with Crippen LogP contribution >= 0.6 is 0 Å². The van der Waals surface area contributed by atoms with Crippen molar-refractivity contribution in [3.63, 3.8) is 0 Å². The monoisotopic (exact) mass is 289 g/mol. The van der Waals surface area contributed by atoms with E-state index in [1.54, 1.807) is 4.90 Å². The molecule has 1 N–H and O–H groups in total. The van der Waals surface area contributed by atoms with Gasteiger partial charge in [-0.2, -0.15) is 0 Å². The van der Waals surface area contributed by atoms with Gasteiger partial charge in [0, 0.05) is 18.7 Å². The molecule has 0 radical (unpaired) electrons. The van der Waals surface area contributed by atoms with Gasteiger partial charge >= 0.3 is 5.97 Å². The van der Waals surface area contributed by atoms with Gasteiger partial charge in [0.05, 0.1) is 19.1 Å². The zero-order valence-electron chi connectivity index (χ0n) is 12.0. The largest absolute Gasteiger partial charge is 0.481 e. The number of rotatable bonds is 2. The lowest BCUT2D eigenvalue weighted by Crippen LogP contribution is -2.45. The van der Waals surface area contributed by atoms with Crippen LogP contribution in [-0.2, 0) is 22.7 Å². The lowest BCUT2D eigenvalue weighted by molar-refractivity contribution is -0.143. The number of hydrogen-bond donors (Lipinski definition) is 1. The Balaban J connectivity index is 1.79. The molecule has 112 valence electrons. The molecule has 5 heteroatoms. The van der Waals surface area contributed by atoms with Crippen LogP contribution < -0.4 is 0 Å². The van der Waals surface area contributed by atoms with Crippen LogP contribution in [0, 0.1) is 11.8 Å². The summed E-state index contributed by atoms with van der Waals surface area (Å²) >= 11 is 0. The molecule has 3 rings (SSSR count). The first-order valence-electron chi connectivity index (χ1n) is 7.26. The number of nitrogens with zero attached hydrogens (tertiary/aromatic N) is 1. The van der Waals surface area contributed by atoms with Gasteiger partial charge in [0.2, 0.25) is 0 Å². The minimum atomic E-state index is -0.818. The Hall–Kier alpha value is -1.88.